The van der Waals surface area contributed by atoms with Gasteiger partial charge in [0.2, 0.25) is 5.91 Å². The number of amides is 2. The third kappa shape index (κ3) is 2.55. The first kappa shape index (κ1) is 16.8. The van der Waals surface area contributed by atoms with Gasteiger partial charge in [0.25, 0.3) is 5.91 Å². The highest BCUT2D eigenvalue weighted by Crippen LogP contribution is 2.46. The number of nitrogens with one attached hydrogen (secondary N) is 3. The van der Waals surface area contributed by atoms with E-state index in [9.17, 15) is 9.59 Å². The van der Waals surface area contributed by atoms with Crippen molar-refractivity contribution in [2.45, 2.75) is 25.3 Å². The molecule has 3 heterocycles. The predicted octanol–water partition coefficient (Wildman–Crippen LogP) is 0.240. The number of hydrogen-bond donors (Lipinski definition) is 3. The Balaban J connectivity index is 1.21. The van der Waals surface area contributed by atoms with Crippen LogP contribution in [0.25, 0.3) is 11.0 Å². The number of hydrogen-bond acceptors (Lipinski definition) is 6. The molecule has 10 nitrogen and oxygen atoms in total. The van der Waals surface area contributed by atoms with Crippen LogP contribution in [0.2, 0.25) is 0 Å². The molecule has 0 bridgehead atoms. The summed E-state index contributed by atoms with van der Waals surface area (Å²) in [6, 6.07) is 5.35. The zero-order chi connectivity index (χ0) is 19.5. The number of carbonyl (C=O) groups is 2. The number of carbonyl (C=O) groups excluding carboxylic acids is 2. The minimum absolute atomic E-state index is 0.0259. The summed E-state index contributed by atoms with van der Waals surface area (Å²) >= 11 is 0. The molecule has 2 aliphatic rings. The van der Waals surface area contributed by atoms with Crippen molar-refractivity contribution in [3.8, 4) is 0 Å². The van der Waals surface area contributed by atoms with Crippen LogP contribution < -0.4 is 5.32 Å². The number of aromatic amines is 2. The fraction of sp³-hybridized carbons (Fsp3) is 0.444. The first-order valence-corrected chi connectivity index (χ1v) is 9.22. The predicted molar refractivity (Wildman–Crippen MR) is 98.1 cm³/mol. The first-order chi connectivity index (χ1) is 13.4. The molecule has 3 atom stereocenters. The van der Waals surface area contributed by atoms with E-state index >= 15 is 0 Å². The van der Waals surface area contributed by atoms with Gasteiger partial charge in [0.05, 0.1) is 0 Å². The van der Waals surface area contributed by atoms with E-state index in [2.05, 4.69) is 35.9 Å². The zero-order valence-corrected chi connectivity index (χ0v) is 15.5. The molecule has 3 N–H and O–H groups in total. The second kappa shape index (κ2) is 5.85. The summed E-state index contributed by atoms with van der Waals surface area (Å²) in [6.45, 7) is 4.99. The largest absolute Gasteiger partial charge is 0.349 e. The minimum atomic E-state index is -0.751. The van der Waals surface area contributed by atoms with Gasteiger partial charge in [0.1, 0.15) is 28.6 Å². The molecule has 28 heavy (non-hydrogen) atoms. The van der Waals surface area contributed by atoms with E-state index in [1.165, 1.54) is 6.33 Å². The molecule has 1 aromatic carbocycles. The van der Waals surface area contributed by atoms with E-state index in [-0.39, 0.29) is 17.9 Å². The van der Waals surface area contributed by atoms with Gasteiger partial charge in [-0.15, -0.1) is 0 Å². The summed E-state index contributed by atoms with van der Waals surface area (Å²) in [7, 11) is 0. The Morgan fingerprint density at radius 3 is 2.64 bits per heavy atom. The lowest BCUT2D eigenvalue weighted by Gasteiger charge is -2.29. The standard InChI is InChI=1S/C18H20N8O2/c1-18(2,16-19-8-20-24-16)17(28)26-6-10-11(7-26)14(10)21-15(27)9-3-4-12-13(5-9)23-25-22-12/h3-5,8,10-11,14H,6-7H2,1-2H3,(H,21,27)(H,19,20,24)(H,22,23,25)/t10-,11+,14?. The van der Waals surface area contributed by atoms with Crippen molar-refractivity contribution < 1.29 is 9.59 Å². The summed E-state index contributed by atoms with van der Waals surface area (Å²) in [5, 5.41) is 20.3. The third-order valence-corrected chi connectivity index (χ3v) is 5.90. The summed E-state index contributed by atoms with van der Waals surface area (Å²) in [6.07, 6.45) is 1.41. The number of fused-ring (bicyclic) bond motifs is 2. The number of nitrogens with zero attached hydrogens (tertiary/aromatic N) is 5. The van der Waals surface area contributed by atoms with Gasteiger partial charge in [-0.2, -0.15) is 20.5 Å². The maximum atomic E-state index is 12.9. The second-order valence-corrected chi connectivity index (χ2v) is 8.02. The Bertz CT molecular complexity index is 1040. The van der Waals surface area contributed by atoms with Crippen molar-refractivity contribution in [3.05, 3.63) is 35.9 Å². The third-order valence-electron chi connectivity index (χ3n) is 5.90. The van der Waals surface area contributed by atoms with Crippen LogP contribution in [0.5, 0.6) is 0 Å². The molecule has 2 aromatic heterocycles. The molecule has 0 radical (unpaired) electrons. The number of likely N-dealkylation sites (tertiary alicyclic amines) is 1. The summed E-state index contributed by atoms with van der Waals surface area (Å²) < 4.78 is 0. The molecule has 1 aliphatic heterocycles. The molecular formula is C18H20N8O2. The quantitative estimate of drug-likeness (QED) is 0.594. The van der Waals surface area contributed by atoms with Crippen LogP contribution >= 0.6 is 0 Å². The average molecular weight is 380 g/mol. The van der Waals surface area contributed by atoms with Crippen molar-refractivity contribution in [3.63, 3.8) is 0 Å². The maximum absolute atomic E-state index is 12.9. The monoisotopic (exact) mass is 380 g/mol. The van der Waals surface area contributed by atoms with Crippen LogP contribution in [-0.2, 0) is 10.2 Å². The Morgan fingerprint density at radius 2 is 1.93 bits per heavy atom. The van der Waals surface area contributed by atoms with E-state index in [4.69, 9.17) is 0 Å². The van der Waals surface area contributed by atoms with Gasteiger partial charge >= 0.3 is 0 Å². The number of piperidine rings is 1. The van der Waals surface area contributed by atoms with Crippen LogP contribution in [0.3, 0.4) is 0 Å². The van der Waals surface area contributed by atoms with E-state index in [0.29, 0.717) is 41.8 Å². The molecular weight excluding hydrogens is 360 g/mol. The van der Waals surface area contributed by atoms with Crippen LogP contribution in [0, 0.1) is 11.8 Å². The molecule has 0 spiro atoms. The van der Waals surface area contributed by atoms with Crippen molar-refractivity contribution in [1.29, 1.82) is 0 Å². The lowest BCUT2D eigenvalue weighted by molar-refractivity contribution is -0.136. The number of rotatable bonds is 4. The highest BCUT2D eigenvalue weighted by atomic mass is 16.2. The lowest BCUT2D eigenvalue weighted by atomic mass is 9.90. The number of H-pyrrole nitrogens is 2. The van der Waals surface area contributed by atoms with Crippen LogP contribution in [-0.4, -0.2) is 66.4 Å². The molecule has 1 saturated carbocycles. The Labute approximate surface area is 160 Å². The van der Waals surface area contributed by atoms with Crippen molar-refractivity contribution in [1.82, 2.24) is 40.8 Å². The van der Waals surface area contributed by atoms with Gasteiger partial charge in [-0.1, -0.05) is 0 Å². The van der Waals surface area contributed by atoms with Crippen LogP contribution in [0.4, 0.5) is 0 Å². The molecule has 144 valence electrons. The van der Waals surface area contributed by atoms with Crippen LogP contribution in [0.1, 0.15) is 30.0 Å². The Kier molecular flexibility index (Phi) is 3.52. The summed E-state index contributed by atoms with van der Waals surface area (Å²) in [5.74, 6) is 1.07. The zero-order valence-electron chi connectivity index (χ0n) is 15.5. The molecule has 1 saturated heterocycles. The summed E-state index contributed by atoms with van der Waals surface area (Å²) in [5.41, 5.74) is 1.20. The van der Waals surface area contributed by atoms with Gasteiger partial charge in [-0.05, 0) is 32.0 Å². The first-order valence-electron chi connectivity index (χ1n) is 9.22. The number of aromatic nitrogens is 6. The normalized spacial score (nSPS) is 23.6. The smallest absolute Gasteiger partial charge is 0.251 e. The highest BCUT2D eigenvalue weighted by molar-refractivity contribution is 5.97. The fourth-order valence-electron chi connectivity index (χ4n) is 4.13. The lowest BCUT2D eigenvalue weighted by Crippen LogP contribution is -2.45. The van der Waals surface area contributed by atoms with E-state index in [0.717, 1.165) is 5.52 Å². The Hall–Kier alpha value is -3.30. The topological polar surface area (TPSA) is 133 Å². The molecule has 1 aliphatic carbocycles. The minimum Gasteiger partial charge on any atom is -0.349 e. The second-order valence-electron chi connectivity index (χ2n) is 8.02. The van der Waals surface area contributed by atoms with E-state index in [1.807, 2.05) is 18.7 Å². The molecule has 5 rings (SSSR count). The molecule has 3 aromatic rings. The van der Waals surface area contributed by atoms with Gasteiger partial charge in [0, 0.05) is 36.5 Å². The van der Waals surface area contributed by atoms with E-state index in [1.54, 1.807) is 18.2 Å². The van der Waals surface area contributed by atoms with Crippen molar-refractivity contribution in [2.24, 2.45) is 11.8 Å². The van der Waals surface area contributed by atoms with Gasteiger partial charge in [0.15, 0.2) is 0 Å². The maximum Gasteiger partial charge on any atom is 0.251 e. The fourth-order valence-corrected chi connectivity index (χ4v) is 4.13. The molecule has 10 heteroatoms. The van der Waals surface area contributed by atoms with Crippen molar-refractivity contribution >= 4 is 22.8 Å². The van der Waals surface area contributed by atoms with Gasteiger partial charge < -0.3 is 10.2 Å². The van der Waals surface area contributed by atoms with Gasteiger partial charge in [-0.3, -0.25) is 14.7 Å². The Morgan fingerprint density at radius 1 is 1.18 bits per heavy atom. The SMILES string of the molecule is CC(C)(C(=O)N1C[C@@H]2C(NC(=O)c3ccc4n[nH]nc4c3)[C@@H]2C1)c1ncn[nH]1. The highest BCUT2D eigenvalue weighted by Gasteiger charge is 2.58. The molecule has 2 fully saturated rings. The van der Waals surface area contributed by atoms with E-state index < -0.39 is 5.41 Å². The van der Waals surface area contributed by atoms with Gasteiger partial charge in [-0.25, -0.2) is 4.98 Å². The molecule has 2 amide bonds. The number of benzene rings is 1. The average Bonchev–Trinajstić information content (AvgIpc) is 3.23. The summed E-state index contributed by atoms with van der Waals surface area (Å²) in [4.78, 5) is 31.5. The van der Waals surface area contributed by atoms with Crippen LogP contribution in [0.15, 0.2) is 24.5 Å². The molecule has 1 unspecified atom stereocenters. The van der Waals surface area contributed by atoms with Crippen molar-refractivity contribution in [2.75, 3.05) is 13.1 Å².